The van der Waals surface area contributed by atoms with E-state index in [2.05, 4.69) is 254 Å². The third-order valence-electron chi connectivity index (χ3n) is 14.6. The third-order valence-corrected chi connectivity index (χ3v) is 15.7. The summed E-state index contributed by atoms with van der Waals surface area (Å²) in [5.41, 5.74) is 19.4. The van der Waals surface area contributed by atoms with Gasteiger partial charge in [-0.3, -0.25) is 0 Å². The largest absolute Gasteiger partial charge is 0.456 e. The molecule has 70 heavy (non-hydrogen) atoms. The van der Waals surface area contributed by atoms with Crippen molar-refractivity contribution in [2.75, 3.05) is 4.90 Å². The number of benzene rings is 11. The number of para-hydroxylation sites is 1. The quantitative estimate of drug-likeness (QED) is 0.151. The van der Waals surface area contributed by atoms with Gasteiger partial charge in [0.2, 0.25) is 0 Å². The smallest absolute Gasteiger partial charge is 0.136 e. The molecule has 328 valence electrons. The Hall–Kier alpha value is -8.76. The number of hydrogen-bond donors (Lipinski definition) is 0. The van der Waals surface area contributed by atoms with E-state index in [-0.39, 0.29) is 0 Å². The van der Waals surface area contributed by atoms with Gasteiger partial charge in [-0.25, -0.2) is 0 Å². The van der Waals surface area contributed by atoms with Gasteiger partial charge in [0, 0.05) is 48.0 Å². The predicted octanol–water partition coefficient (Wildman–Crippen LogP) is 18.8. The van der Waals surface area contributed by atoms with Gasteiger partial charge in [-0.2, -0.15) is 0 Å². The Morgan fingerprint density at radius 2 is 0.814 bits per heavy atom. The van der Waals surface area contributed by atoms with Crippen LogP contribution in [0.5, 0.6) is 0 Å². The molecule has 0 unspecified atom stereocenters. The van der Waals surface area contributed by atoms with Crippen LogP contribution in [-0.2, 0) is 5.41 Å². The van der Waals surface area contributed by atoms with Crippen molar-refractivity contribution in [1.82, 2.24) is 0 Å². The van der Waals surface area contributed by atoms with Crippen molar-refractivity contribution >= 4 is 70.5 Å². The Bertz CT molecular complexity index is 4050. The fourth-order valence-electron chi connectivity index (χ4n) is 11.4. The second-order valence-corrected chi connectivity index (χ2v) is 19.4. The number of nitrogens with zero attached hydrogens (tertiary/aromatic N) is 1. The molecule has 1 aliphatic rings. The molecule has 13 aromatic rings. The summed E-state index contributed by atoms with van der Waals surface area (Å²) in [5, 5.41) is 4.91. The molecule has 11 aromatic carbocycles. The second kappa shape index (κ2) is 16.2. The van der Waals surface area contributed by atoms with E-state index in [1.54, 1.807) is 0 Å². The van der Waals surface area contributed by atoms with Gasteiger partial charge in [-0.15, -0.1) is 11.3 Å². The average molecular weight is 910 g/mol. The summed E-state index contributed by atoms with van der Waals surface area (Å²) in [6, 6.07) is 95.4. The van der Waals surface area contributed by atoms with Gasteiger partial charge in [0.1, 0.15) is 11.2 Å². The summed E-state index contributed by atoms with van der Waals surface area (Å²) >= 11 is 1.86. The van der Waals surface area contributed by atoms with Crippen LogP contribution in [0.15, 0.2) is 265 Å². The van der Waals surface area contributed by atoms with E-state index in [1.807, 2.05) is 23.5 Å². The van der Waals surface area contributed by atoms with Gasteiger partial charge in [0.05, 0.1) is 5.41 Å². The maximum Gasteiger partial charge on any atom is 0.136 e. The van der Waals surface area contributed by atoms with E-state index in [1.165, 1.54) is 75.8 Å². The highest BCUT2D eigenvalue weighted by Crippen LogP contribution is 2.56. The van der Waals surface area contributed by atoms with Crippen LogP contribution < -0.4 is 4.90 Å². The van der Waals surface area contributed by atoms with Crippen LogP contribution in [0.1, 0.15) is 22.3 Å². The number of anilines is 3. The maximum atomic E-state index is 6.29. The summed E-state index contributed by atoms with van der Waals surface area (Å²) in [6.45, 7) is 0. The molecule has 3 heteroatoms. The van der Waals surface area contributed by atoms with Crippen LogP contribution in [0.4, 0.5) is 17.1 Å². The van der Waals surface area contributed by atoms with E-state index < -0.39 is 5.41 Å². The van der Waals surface area contributed by atoms with E-state index in [4.69, 9.17) is 4.42 Å². The van der Waals surface area contributed by atoms with Crippen molar-refractivity contribution in [1.29, 1.82) is 0 Å². The summed E-state index contributed by atoms with van der Waals surface area (Å²) in [5.74, 6) is 0. The van der Waals surface area contributed by atoms with Crippen LogP contribution in [0, 0.1) is 0 Å². The van der Waals surface area contributed by atoms with E-state index in [9.17, 15) is 0 Å². The second-order valence-electron chi connectivity index (χ2n) is 18.4. The van der Waals surface area contributed by atoms with Crippen LogP contribution in [0.2, 0.25) is 0 Å². The van der Waals surface area contributed by atoms with E-state index in [0.29, 0.717) is 0 Å². The first-order chi connectivity index (χ1) is 34.7. The first-order valence-electron chi connectivity index (χ1n) is 24.0. The minimum absolute atomic E-state index is 0.424. The molecule has 0 amide bonds. The molecule has 14 rings (SSSR count). The molecule has 0 fully saturated rings. The highest BCUT2D eigenvalue weighted by molar-refractivity contribution is 7.25. The molecule has 0 spiro atoms. The van der Waals surface area contributed by atoms with Gasteiger partial charge in [-0.1, -0.05) is 194 Å². The van der Waals surface area contributed by atoms with Crippen molar-refractivity contribution in [3.63, 3.8) is 0 Å². The Morgan fingerprint density at radius 3 is 1.51 bits per heavy atom. The molecule has 1 aliphatic carbocycles. The van der Waals surface area contributed by atoms with Crippen molar-refractivity contribution in [3.8, 4) is 44.5 Å². The molecular formula is C67H43NOS. The molecule has 2 heterocycles. The lowest BCUT2D eigenvalue weighted by Gasteiger charge is -2.33. The van der Waals surface area contributed by atoms with Gasteiger partial charge in [-0.05, 0) is 133 Å². The minimum Gasteiger partial charge on any atom is -0.456 e. The van der Waals surface area contributed by atoms with Crippen LogP contribution in [0.25, 0.3) is 86.6 Å². The summed E-state index contributed by atoms with van der Waals surface area (Å²) in [6.07, 6.45) is 0. The molecule has 2 aromatic heterocycles. The van der Waals surface area contributed by atoms with Gasteiger partial charge < -0.3 is 9.32 Å². The number of furan rings is 1. The lowest BCUT2D eigenvalue weighted by molar-refractivity contribution is 0.669. The number of hydrogen-bond acceptors (Lipinski definition) is 3. The third kappa shape index (κ3) is 6.32. The highest BCUT2D eigenvalue weighted by atomic mass is 32.1. The lowest BCUT2D eigenvalue weighted by Crippen LogP contribution is -2.28. The van der Waals surface area contributed by atoms with Crippen molar-refractivity contribution in [2.45, 2.75) is 5.41 Å². The minimum atomic E-state index is -0.424. The monoisotopic (exact) mass is 909 g/mol. The average Bonchev–Trinajstić information content (AvgIpc) is 4.11. The molecule has 0 N–H and O–H groups in total. The van der Waals surface area contributed by atoms with Crippen molar-refractivity contribution < 1.29 is 4.42 Å². The van der Waals surface area contributed by atoms with Crippen LogP contribution in [0.3, 0.4) is 0 Å². The first kappa shape index (κ1) is 40.3. The van der Waals surface area contributed by atoms with E-state index >= 15 is 0 Å². The molecule has 0 saturated carbocycles. The SMILES string of the molecule is c1ccc(C2(c3ccccc3)c3ccccc3-c3cc(-c4ccc(N(c5ccc(-c6ccc7c(c6)sc6ccccc67)cc5)c5ccc(-c6cccc7oc8ccccc8c67)cc5)cc4)ccc32)cc1. The molecular weight excluding hydrogens is 867 g/mol. The Balaban J connectivity index is 0.856. The van der Waals surface area contributed by atoms with Gasteiger partial charge in [0.15, 0.2) is 0 Å². The number of thiophene rings is 1. The fraction of sp³-hybridized carbons (Fsp3) is 0.0149. The predicted molar refractivity (Wildman–Crippen MR) is 295 cm³/mol. The summed E-state index contributed by atoms with van der Waals surface area (Å²) in [4.78, 5) is 2.37. The number of fused-ring (bicyclic) bond motifs is 9. The Morgan fingerprint density at radius 1 is 0.314 bits per heavy atom. The zero-order valence-electron chi connectivity index (χ0n) is 38.1. The first-order valence-corrected chi connectivity index (χ1v) is 24.8. The maximum absolute atomic E-state index is 6.29. The summed E-state index contributed by atoms with van der Waals surface area (Å²) < 4.78 is 8.92. The molecule has 2 nitrogen and oxygen atoms in total. The Labute approximate surface area is 410 Å². The zero-order chi connectivity index (χ0) is 46.2. The van der Waals surface area contributed by atoms with Gasteiger partial charge >= 0.3 is 0 Å². The van der Waals surface area contributed by atoms with E-state index in [0.717, 1.165) is 50.1 Å². The standard InChI is InChI=1S/C67H43NOS/c1-3-14-49(15-4-1)67(50-16-5-2-6-17-50)60-22-10-7-18-55(60)59-42-47(33-41-61(59)67)44-26-34-51(35-27-44)68(52-36-28-45(29-37-52)48-32-40-57-56-19-9-12-25-64(56)70-65(57)43-48)53-38-30-46(31-39-53)54-21-13-24-63-66(54)58-20-8-11-23-62(58)69-63/h1-43H. The zero-order valence-corrected chi connectivity index (χ0v) is 38.9. The van der Waals surface area contributed by atoms with Gasteiger partial charge in [0.25, 0.3) is 0 Å². The topological polar surface area (TPSA) is 16.4 Å². The molecule has 0 aliphatic heterocycles. The van der Waals surface area contributed by atoms with Crippen LogP contribution >= 0.6 is 11.3 Å². The number of rotatable bonds is 8. The molecule has 0 bridgehead atoms. The highest BCUT2D eigenvalue weighted by Gasteiger charge is 2.46. The Kier molecular flexibility index (Phi) is 9.33. The van der Waals surface area contributed by atoms with Crippen molar-refractivity contribution in [2.24, 2.45) is 0 Å². The normalized spacial score (nSPS) is 12.7. The van der Waals surface area contributed by atoms with Crippen LogP contribution in [-0.4, -0.2) is 0 Å². The lowest BCUT2D eigenvalue weighted by atomic mass is 9.67. The molecule has 0 atom stereocenters. The fourth-order valence-corrected chi connectivity index (χ4v) is 12.5. The van der Waals surface area contributed by atoms with Crippen molar-refractivity contribution in [3.05, 3.63) is 283 Å². The summed E-state index contributed by atoms with van der Waals surface area (Å²) in [7, 11) is 0. The molecule has 0 radical (unpaired) electrons. The molecule has 0 saturated heterocycles.